The van der Waals surface area contributed by atoms with E-state index in [0.717, 1.165) is 23.0 Å². The second kappa shape index (κ2) is 6.54. The maximum atomic E-state index is 13.0. The second-order valence-corrected chi connectivity index (χ2v) is 6.22. The number of amides is 2. The number of aryl methyl sites for hydroxylation is 1. The predicted molar refractivity (Wildman–Crippen MR) is 90.9 cm³/mol. The number of benzene rings is 1. The summed E-state index contributed by atoms with van der Waals surface area (Å²) < 4.78 is 15.2. The van der Waals surface area contributed by atoms with E-state index in [0.29, 0.717) is 6.54 Å². The number of carbonyl (C=O) groups excluding carboxylic acids is 1. The Labute approximate surface area is 143 Å². The number of anilines is 1. The van der Waals surface area contributed by atoms with Gasteiger partial charge in [0.2, 0.25) is 0 Å². The lowest BCUT2D eigenvalue weighted by molar-refractivity contribution is 0.206. The van der Waals surface area contributed by atoms with E-state index < -0.39 is 17.3 Å². The molecular formula is C17H19FN4O3. The summed E-state index contributed by atoms with van der Waals surface area (Å²) in [6.45, 7) is 0.322. The van der Waals surface area contributed by atoms with Crippen LogP contribution in [0.15, 0.2) is 40.1 Å². The smallest absolute Gasteiger partial charge is 0.317 e. The Bertz CT molecular complexity index is 913. The minimum Gasteiger partial charge on any atom is -0.317 e. The summed E-state index contributed by atoms with van der Waals surface area (Å²) >= 11 is 0. The first-order valence-corrected chi connectivity index (χ1v) is 7.95. The zero-order chi connectivity index (χ0) is 18.1. The van der Waals surface area contributed by atoms with Gasteiger partial charge in [-0.1, -0.05) is 12.1 Å². The molecule has 1 aliphatic carbocycles. The van der Waals surface area contributed by atoms with Crippen molar-refractivity contribution in [2.24, 2.45) is 14.1 Å². The summed E-state index contributed by atoms with van der Waals surface area (Å²) in [5.41, 5.74) is -0.182. The molecule has 1 heterocycles. The monoisotopic (exact) mass is 346 g/mol. The van der Waals surface area contributed by atoms with Gasteiger partial charge in [0.25, 0.3) is 5.56 Å². The second-order valence-electron chi connectivity index (χ2n) is 6.22. The third-order valence-electron chi connectivity index (χ3n) is 4.20. The zero-order valence-electron chi connectivity index (χ0n) is 14.0. The van der Waals surface area contributed by atoms with Crippen molar-refractivity contribution in [2.45, 2.75) is 25.4 Å². The number of rotatable bonds is 4. The number of urea groups is 1. The number of nitrogens with zero attached hydrogens (tertiary/aromatic N) is 3. The van der Waals surface area contributed by atoms with E-state index >= 15 is 0 Å². The highest BCUT2D eigenvalue weighted by Gasteiger charge is 2.33. The molecule has 0 radical (unpaired) electrons. The van der Waals surface area contributed by atoms with E-state index in [1.54, 1.807) is 17.0 Å². The molecule has 0 spiro atoms. The fourth-order valence-corrected chi connectivity index (χ4v) is 2.62. The van der Waals surface area contributed by atoms with E-state index in [1.165, 1.54) is 37.0 Å². The van der Waals surface area contributed by atoms with Crippen LogP contribution in [0, 0.1) is 5.82 Å². The molecule has 0 atom stereocenters. The van der Waals surface area contributed by atoms with Crippen molar-refractivity contribution < 1.29 is 9.18 Å². The van der Waals surface area contributed by atoms with Crippen LogP contribution in [0.4, 0.5) is 14.9 Å². The summed E-state index contributed by atoms with van der Waals surface area (Å²) in [4.78, 5) is 38.1. The Morgan fingerprint density at radius 1 is 1.24 bits per heavy atom. The molecule has 1 aliphatic rings. The molecule has 0 aliphatic heterocycles. The average molecular weight is 346 g/mol. The minimum absolute atomic E-state index is 0.0411. The normalized spacial score (nSPS) is 13.6. The van der Waals surface area contributed by atoms with Crippen molar-refractivity contribution in [3.8, 4) is 0 Å². The first-order valence-electron chi connectivity index (χ1n) is 7.95. The molecule has 8 heteroatoms. The molecule has 1 aromatic heterocycles. The number of aromatic nitrogens is 2. The number of hydrogen-bond donors (Lipinski definition) is 1. The average Bonchev–Trinajstić information content (AvgIpc) is 3.42. The molecule has 2 aromatic rings. The largest absolute Gasteiger partial charge is 0.330 e. The molecule has 1 aromatic carbocycles. The van der Waals surface area contributed by atoms with Gasteiger partial charge in [-0.05, 0) is 30.5 Å². The van der Waals surface area contributed by atoms with Crippen molar-refractivity contribution in [3.05, 3.63) is 62.7 Å². The first kappa shape index (κ1) is 16.9. The molecule has 2 amide bonds. The predicted octanol–water partition coefficient (Wildman–Crippen LogP) is 1.42. The number of nitrogens with one attached hydrogen (secondary N) is 1. The summed E-state index contributed by atoms with van der Waals surface area (Å²) in [6, 6.07) is 5.64. The Morgan fingerprint density at radius 3 is 2.48 bits per heavy atom. The summed E-state index contributed by atoms with van der Waals surface area (Å²) in [5, 5.41) is 2.59. The van der Waals surface area contributed by atoms with Gasteiger partial charge in [0.1, 0.15) is 11.5 Å². The van der Waals surface area contributed by atoms with Crippen LogP contribution in [0.5, 0.6) is 0 Å². The van der Waals surface area contributed by atoms with Crippen molar-refractivity contribution in [3.63, 3.8) is 0 Å². The van der Waals surface area contributed by atoms with Crippen LogP contribution in [0.2, 0.25) is 0 Å². The highest BCUT2D eigenvalue weighted by atomic mass is 19.1. The van der Waals surface area contributed by atoms with Crippen LogP contribution < -0.4 is 16.6 Å². The summed E-state index contributed by atoms with van der Waals surface area (Å²) in [7, 11) is 2.87. The van der Waals surface area contributed by atoms with Crippen LogP contribution in [-0.4, -0.2) is 26.1 Å². The van der Waals surface area contributed by atoms with Gasteiger partial charge in [-0.3, -0.25) is 9.36 Å². The van der Waals surface area contributed by atoms with Crippen LogP contribution in [0.25, 0.3) is 0 Å². The maximum Gasteiger partial charge on any atom is 0.330 e. The van der Waals surface area contributed by atoms with Gasteiger partial charge >= 0.3 is 11.7 Å². The van der Waals surface area contributed by atoms with Crippen LogP contribution in [0.1, 0.15) is 18.4 Å². The first-order chi connectivity index (χ1) is 11.9. The van der Waals surface area contributed by atoms with Crippen LogP contribution in [0.3, 0.4) is 0 Å². The molecule has 0 unspecified atom stereocenters. The number of halogens is 1. The van der Waals surface area contributed by atoms with Crippen molar-refractivity contribution >= 4 is 11.7 Å². The third-order valence-corrected chi connectivity index (χ3v) is 4.20. The van der Waals surface area contributed by atoms with Gasteiger partial charge in [-0.25, -0.2) is 14.0 Å². The van der Waals surface area contributed by atoms with Crippen LogP contribution >= 0.6 is 0 Å². The highest BCUT2D eigenvalue weighted by Crippen LogP contribution is 2.28. The topological polar surface area (TPSA) is 76.3 Å². The van der Waals surface area contributed by atoms with Gasteiger partial charge in [-0.2, -0.15) is 0 Å². The lowest BCUT2D eigenvalue weighted by Crippen LogP contribution is -2.41. The number of carbonyl (C=O) groups is 1. The Kier molecular flexibility index (Phi) is 4.43. The molecular weight excluding hydrogens is 327 g/mol. The summed E-state index contributed by atoms with van der Waals surface area (Å²) in [5.74, 6) is -0.333. The van der Waals surface area contributed by atoms with Crippen molar-refractivity contribution in [1.29, 1.82) is 0 Å². The van der Waals surface area contributed by atoms with Gasteiger partial charge in [0.15, 0.2) is 0 Å². The summed E-state index contributed by atoms with van der Waals surface area (Å²) in [6.07, 6.45) is 3.09. The van der Waals surface area contributed by atoms with Gasteiger partial charge in [0, 0.05) is 32.9 Å². The molecule has 0 bridgehead atoms. The fourth-order valence-electron chi connectivity index (χ4n) is 2.62. The quantitative estimate of drug-likeness (QED) is 0.910. The SMILES string of the molecule is Cn1cc(NC(=O)N(Cc2ccc(F)cc2)C2CC2)c(=O)n(C)c1=O. The van der Waals surface area contributed by atoms with E-state index in [9.17, 15) is 18.8 Å². The van der Waals surface area contributed by atoms with Gasteiger partial charge in [-0.15, -0.1) is 0 Å². The Hall–Kier alpha value is -2.90. The lowest BCUT2D eigenvalue weighted by atomic mass is 10.2. The van der Waals surface area contributed by atoms with Gasteiger partial charge < -0.3 is 14.8 Å². The minimum atomic E-state index is -0.561. The zero-order valence-corrected chi connectivity index (χ0v) is 14.0. The molecule has 3 rings (SSSR count). The lowest BCUT2D eigenvalue weighted by Gasteiger charge is -2.23. The molecule has 1 N–H and O–H groups in total. The highest BCUT2D eigenvalue weighted by molar-refractivity contribution is 5.89. The molecule has 132 valence electrons. The fraction of sp³-hybridized carbons (Fsp3) is 0.353. The van der Waals surface area contributed by atoms with E-state index in [1.807, 2.05) is 0 Å². The maximum absolute atomic E-state index is 13.0. The third kappa shape index (κ3) is 3.62. The molecule has 1 fully saturated rings. The Morgan fingerprint density at radius 2 is 1.88 bits per heavy atom. The Balaban J connectivity index is 1.81. The molecule has 1 saturated carbocycles. The van der Waals surface area contributed by atoms with Crippen molar-refractivity contribution in [1.82, 2.24) is 14.0 Å². The molecule has 7 nitrogen and oxygen atoms in total. The van der Waals surface area contributed by atoms with E-state index in [2.05, 4.69) is 5.32 Å². The standard InChI is InChI=1S/C17H19FN4O3/c1-20-10-14(15(23)21(2)17(20)25)19-16(24)22(13-7-8-13)9-11-3-5-12(18)6-4-11/h3-6,10,13H,7-9H2,1-2H3,(H,19,24). The number of hydrogen-bond acceptors (Lipinski definition) is 3. The van der Waals surface area contributed by atoms with Crippen molar-refractivity contribution in [2.75, 3.05) is 5.32 Å². The molecule has 25 heavy (non-hydrogen) atoms. The van der Waals surface area contributed by atoms with Crippen LogP contribution in [-0.2, 0) is 20.6 Å². The van der Waals surface area contributed by atoms with Gasteiger partial charge in [0.05, 0.1) is 0 Å². The van der Waals surface area contributed by atoms with E-state index in [-0.39, 0.29) is 17.5 Å². The molecule has 0 saturated heterocycles. The van der Waals surface area contributed by atoms with E-state index in [4.69, 9.17) is 0 Å².